The molecule has 0 unspecified atom stereocenters. The van der Waals surface area contributed by atoms with Gasteiger partial charge in [0, 0.05) is 5.39 Å². The van der Waals surface area contributed by atoms with Crippen molar-refractivity contribution in [2.75, 3.05) is 0 Å². The molecule has 0 bridgehead atoms. The zero-order valence-corrected chi connectivity index (χ0v) is 18.7. The number of amides is 1. The molecule has 0 saturated heterocycles. The van der Waals surface area contributed by atoms with Crippen molar-refractivity contribution in [1.82, 2.24) is 35.3 Å². The molecule has 0 fully saturated rings. The van der Waals surface area contributed by atoms with Gasteiger partial charge in [0.15, 0.2) is 17.4 Å². The number of imidazole rings is 1. The Hall–Kier alpha value is -4.60. The number of carbonyl (C=O) groups excluding carboxylic acids is 1. The summed E-state index contributed by atoms with van der Waals surface area (Å²) in [4.78, 5) is 22.4. The molecule has 0 spiro atoms. The first kappa shape index (κ1) is 21.0. The van der Waals surface area contributed by atoms with Gasteiger partial charge in [-0.25, -0.2) is 9.37 Å². The maximum absolute atomic E-state index is 14.1. The average Bonchev–Trinajstić information content (AvgIpc) is 3.58. The molecule has 0 saturated carbocycles. The number of halogens is 1. The minimum absolute atomic E-state index is 0.122. The van der Waals surface area contributed by atoms with Crippen LogP contribution in [-0.2, 0) is 19.5 Å². The number of hydrogen-bond acceptors (Lipinski definition) is 6. The van der Waals surface area contributed by atoms with E-state index in [1.165, 1.54) is 24.5 Å². The van der Waals surface area contributed by atoms with Gasteiger partial charge in [0.25, 0.3) is 5.91 Å². The van der Waals surface area contributed by atoms with Crippen molar-refractivity contribution < 1.29 is 14.3 Å². The van der Waals surface area contributed by atoms with E-state index in [0.717, 1.165) is 39.0 Å². The number of fused-ring (bicyclic) bond motifs is 2. The average molecular weight is 469 g/mol. The second-order valence-electron chi connectivity index (χ2n) is 8.45. The molecule has 5 aromatic rings. The Morgan fingerprint density at radius 3 is 2.83 bits per heavy atom. The molecule has 1 aliphatic rings. The lowest BCUT2D eigenvalue weighted by Gasteiger charge is -2.14. The first-order valence-corrected chi connectivity index (χ1v) is 11.2. The van der Waals surface area contributed by atoms with Crippen molar-refractivity contribution in [2.45, 2.75) is 26.4 Å². The number of nitrogens with zero attached hydrogens (tertiary/aromatic N) is 5. The molecular formula is C25H20FN7O2. The fraction of sp³-hybridized carbons (Fsp3) is 0.160. The van der Waals surface area contributed by atoms with Crippen molar-refractivity contribution in [3.05, 3.63) is 77.1 Å². The van der Waals surface area contributed by atoms with E-state index in [1.54, 1.807) is 11.0 Å². The van der Waals surface area contributed by atoms with Gasteiger partial charge in [-0.15, -0.1) is 0 Å². The predicted molar refractivity (Wildman–Crippen MR) is 126 cm³/mol. The second kappa shape index (κ2) is 8.01. The zero-order valence-electron chi connectivity index (χ0n) is 18.7. The number of phenolic OH excluding ortho intramolecular Hbond substituents is 1. The lowest BCUT2D eigenvalue weighted by atomic mass is 9.96. The molecule has 6 rings (SSSR count). The van der Waals surface area contributed by atoms with Crippen LogP contribution in [-0.4, -0.2) is 46.3 Å². The molecule has 0 aliphatic carbocycles. The number of rotatable bonds is 4. The third-order valence-electron chi connectivity index (χ3n) is 6.32. The van der Waals surface area contributed by atoms with Crippen LogP contribution < -0.4 is 0 Å². The van der Waals surface area contributed by atoms with E-state index < -0.39 is 5.82 Å². The topological polar surface area (TPSA) is 124 Å². The normalized spacial score (nSPS) is 12.9. The van der Waals surface area contributed by atoms with Gasteiger partial charge in [-0.1, -0.05) is 13.0 Å². The molecule has 35 heavy (non-hydrogen) atoms. The standard InChI is InChI=1S/C25H20FN7O2/c1-2-13-8-22(34)18(26)9-17(13)14-3-4-16-19(7-14)31-32-23(16)24-29-20-11-33(12-21(20)30-24)25(35)15-5-6-27-28-10-15/h3-10,34H,2,11-12H2,1H3,(H,29,30)(H,31,32). The number of carbonyl (C=O) groups is 1. The summed E-state index contributed by atoms with van der Waals surface area (Å²) in [6.45, 7) is 2.77. The number of aromatic hydroxyl groups is 1. The van der Waals surface area contributed by atoms with Crippen LogP contribution >= 0.6 is 0 Å². The van der Waals surface area contributed by atoms with Crippen LogP contribution in [0.25, 0.3) is 33.5 Å². The molecular weight excluding hydrogens is 449 g/mol. The Morgan fingerprint density at radius 2 is 2.06 bits per heavy atom. The monoisotopic (exact) mass is 469 g/mol. The van der Waals surface area contributed by atoms with Crippen molar-refractivity contribution in [3.63, 3.8) is 0 Å². The molecule has 1 amide bonds. The summed E-state index contributed by atoms with van der Waals surface area (Å²) < 4.78 is 14.1. The Bertz CT molecular complexity index is 1570. The number of aryl methyl sites for hydroxylation is 1. The van der Waals surface area contributed by atoms with E-state index in [9.17, 15) is 14.3 Å². The van der Waals surface area contributed by atoms with Crippen molar-refractivity contribution in [2.24, 2.45) is 0 Å². The zero-order chi connectivity index (χ0) is 24.1. The molecule has 4 heterocycles. The summed E-state index contributed by atoms with van der Waals surface area (Å²) in [6.07, 6.45) is 3.60. The summed E-state index contributed by atoms with van der Waals surface area (Å²) >= 11 is 0. The van der Waals surface area contributed by atoms with Gasteiger partial charge in [0.05, 0.1) is 48.0 Å². The van der Waals surface area contributed by atoms with Crippen LogP contribution in [0.2, 0.25) is 0 Å². The Labute approximate surface area is 198 Å². The predicted octanol–water partition coefficient (Wildman–Crippen LogP) is 3.97. The van der Waals surface area contributed by atoms with Crippen LogP contribution in [0.4, 0.5) is 4.39 Å². The van der Waals surface area contributed by atoms with Crippen LogP contribution in [0, 0.1) is 5.82 Å². The maximum atomic E-state index is 14.1. The van der Waals surface area contributed by atoms with E-state index in [1.807, 2.05) is 25.1 Å². The molecule has 3 aromatic heterocycles. The molecule has 1 aliphatic heterocycles. The highest BCUT2D eigenvalue weighted by Crippen LogP contribution is 2.34. The van der Waals surface area contributed by atoms with Crippen LogP contribution in [0.15, 0.2) is 48.8 Å². The third-order valence-corrected chi connectivity index (χ3v) is 6.32. The summed E-state index contributed by atoms with van der Waals surface area (Å²) in [7, 11) is 0. The van der Waals surface area contributed by atoms with Crippen molar-refractivity contribution in [1.29, 1.82) is 0 Å². The molecule has 9 nitrogen and oxygen atoms in total. The lowest BCUT2D eigenvalue weighted by molar-refractivity contribution is 0.0748. The van der Waals surface area contributed by atoms with Crippen molar-refractivity contribution in [3.8, 4) is 28.4 Å². The van der Waals surface area contributed by atoms with E-state index in [0.29, 0.717) is 36.6 Å². The summed E-state index contributed by atoms with van der Waals surface area (Å²) in [6, 6.07) is 10.2. The van der Waals surface area contributed by atoms with E-state index in [-0.39, 0.29) is 11.7 Å². The number of aromatic amines is 2. The number of nitrogens with one attached hydrogen (secondary N) is 2. The van der Waals surface area contributed by atoms with Gasteiger partial charge >= 0.3 is 0 Å². The van der Waals surface area contributed by atoms with E-state index in [4.69, 9.17) is 4.98 Å². The fourth-order valence-corrected chi connectivity index (χ4v) is 4.52. The fourth-order valence-electron chi connectivity index (χ4n) is 4.52. The minimum atomic E-state index is -0.652. The molecule has 3 N–H and O–H groups in total. The first-order chi connectivity index (χ1) is 17.0. The van der Waals surface area contributed by atoms with Gasteiger partial charge in [0.2, 0.25) is 0 Å². The van der Waals surface area contributed by atoms with Gasteiger partial charge < -0.3 is 15.0 Å². The third kappa shape index (κ3) is 3.50. The smallest absolute Gasteiger partial charge is 0.256 e. The minimum Gasteiger partial charge on any atom is -0.505 e. The largest absolute Gasteiger partial charge is 0.505 e. The number of benzene rings is 2. The summed E-state index contributed by atoms with van der Waals surface area (Å²) in [5, 5.41) is 25.6. The molecule has 0 atom stereocenters. The summed E-state index contributed by atoms with van der Waals surface area (Å²) in [5.41, 5.74) is 6.02. The quantitative estimate of drug-likeness (QED) is 0.366. The van der Waals surface area contributed by atoms with Gasteiger partial charge in [-0.2, -0.15) is 15.3 Å². The van der Waals surface area contributed by atoms with Gasteiger partial charge in [-0.05, 0) is 53.4 Å². The number of hydrogen-bond donors (Lipinski definition) is 3. The Balaban J connectivity index is 1.29. The highest BCUT2D eigenvalue weighted by Gasteiger charge is 2.28. The highest BCUT2D eigenvalue weighted by molar-refractivity contribution is 5.95. The molecule has 0 radical (unpaired) electrons. The van der Waals surface area contributed by atoms with Gasteiger partial charge in [-0.3, -0.25) is 9.89 Å². The molecule has 174 valence electrons. The lowest BCUT2D eigenvalue weighted by Crippen LogP contribution is -2.26. The van der Waals surface area contributed by atoms with Crippen LogP contribution in [0.3, 0.4) is 0 Å². The molecule has 10 heteroatoms. The number of phenols is 1. The van der Waals surface area contributed by atoms with E-state index in [2.05, 4.69) is 25.4 Å². The Morgan fingerprint density at radius 1 is 1.17 bits per heavy atom. The molecule has 2 aromatic carbocycles. The van der Waals surface area contributed by atoms with E-state index >= 15 is 0 Å². The van der Waals surface area contributed by atoms with Crippen molar-refractivity contribution >= 4 is 16.8 Å². The first-order valence-electron chi connectivity index (χ1n) is 11.2. The van der Waals surface area contributed by atoms with Crippen LogP contribution in [0.1, 0.15) is 34.2 Å². The Kier molecular flexibility index (Phi) is 4.80. The maximum Gasteiger partial charge on any atom is 0.256 e. The highest BCUT2D eigenvalue weighted by atomic mass is 19.1. The SMILES string of the molecule is CCc1cc(O)c(F)cc1-c1ccc2c(-c3nc4c([nH]3)CN(C(=O)c3ccnnc3)C4)n[nH]c2c1. The van der Waals surface area contributed by atoms with Crippen LogP contribution in [0.5, 0.6) is 5.75 Å². The second-order valence-corrected chi connectivity index (χ2v) is 8.45. The summed E-state index contributed by atoms with van der Waals surface area (Å²) in [5.74, 6) is -0.501. The number of aromatic nitrogens is 6. The number of H-pyrrole nitrogens is 2. The van der Waals surface area contributed by atoms with Gasteiger partial charge in [0.1, 0.15) is 5.69 Å².